The molecule has 9 heteroatoms. The Balaban J connectivity index is 2.25. The summed E-state index contributed by atoms with van der Waals surface area (Å²) in [7, 11) is -4.21. The molecule has 0 aromatic carbocycles. The summed E-state index contributed by atoms with van der Waals surface area (Å²) in [6.07, 6.45) is -4.05. The lowest BCUT2D eigenvalue weighted by Gasteiger charge is -2.19. The van der Waals surface area contributed by atoms with Crippen LogP contribution in [0.1, 0.15) is 18.7 Å². The lowest BCUT2D eigenvalue weighted by Crippen LogP contribution is -2.47. The van der Waals surface area contributed by atoms with Gasteiger partial charge in [0.2, 0.25) is 0 Å². The molecule has 96 valence electrons. The van der Waals surface area contributed by atoms with Gasteiger partial charge in [-0.15, -0.1) is 0 Å². The van der Waals surface area contributed by atoms with Crippen LogP contribution in [0.3, 0.4) is 0 Å². The quantitative estimate of drug-likeness (QED) is 0.862. The summed E-state index contributed by atoms with van der Waals surface area (Å²) >= 11 is 0. The number of rotatable bonds is 3. The van der Waals surface area contributed by atoms with E-state index in [9.17, 15) is 21.6 Å². The molecular formula is C8H10F3N3O2S. The molecule has 0 bridgehead atoms. The molecule has 1 aromatic rings. The number of alkyl halides is 3. The van der Waals surface area contributed by atoms with Gasteiger partial charge < -0.3 is 4.98 Å². The van der Waals surface area contributed by atoms with Crippen LogP contribution < -0.4 is 4.72 Å². The Bertz CT molecular complexity index is 530. The van der Waals surface area contributed by atoms with E-state index < -0.39 is 21.7 Å². The van der Waals surface area contributed by atoms with Gasteiger partial charge in [-0.1, -0.05) is 0 Å². The molecule has 1 aliphatic rings. The van der Waals surface area contributed by atoms with E-state index in [1.165, 1.54) is 6.92 Å². The number of aromatic amines is 1. The lowest BCUT2D eigenvalue weighted by atomic mass is 10.3. The number of hydrogen-bond donors (Lipinski definition) is 2. The standard InChI is InChI=1S/C8H10F3N3O2S/c1-5-12-4-6(13-5)17(15,16)14-7(2-3-7)8(9,10)11/h4,14H,2-3H2,1H3,(H,12,13). The summed E-state index contributed by atoms with van der Waals surface area (Å²) in [5, 5.41) is -0.356. The molecule has 1 saturated carbocycles. The first-order valence-electron chi connectivity index (χ1n) is 4.79. The van der Waals surface area contributed by atoms with Gasteiger partial charge in [0.1, 0.15) is 11.4 Å². The van der Waals surface area contributed by atoms with Crippen molar-refractivity contribution >= 4 is 10.0 Å². The molecule has 0 saturated heterocycles. The van der Waals surface area contributed by atoms with Gasteiger partial charge in [-0.3, -0.25) is 0 Å². The van der Waals surface area contributed by atoms with Gasteiger partial charge in [-0.25, -0.2) is 13.4 Å². The number of aryl methyl sites for hydroxylation is 1. The highest BCUT2D eigenvalue weighted by molar-refractivity contribution is 7.89. The topological polar surface area (TPSA) is 74.8 Å². The molecule has 17 heavy (non-hydrogen) atoms. The van der Waals surface area contributed by atoms with Crippen LogP contribution in [0.4, 0.5) is 13.2 Å². The van der Waals surface area contributed by atoms with E-state index in [1.807, 2.05) is 0 Å². The van der Waals surface area contributed by atoms with E-state index in [0.717, 1.165) is 6.20 Å². The van der Waals surface area contributed by atoms with Crippen molar-refractivity contribution in [1.29, 1.82) is 0 Å². The minimum atomic E-state index is -4.57. The SMILES string of the molecule is Cc1ncc(S(=O)(=O)NC2(C(F)(F)F)CC2)[nH]1. The highest BCUT2D eigenvalue weighted by Crippen LogP contribution is 2.49. The predicted molar refractivity (Wildman–Crippen MR) is 51.7 cm³/mol. The maximum Gasteiger partial charge on any atom is 0.407 e. The van der Waals surface area contributed by atoms with Crippen LogP contribution in [-0.4, -0.2) is 30.1 Å². The van der Waals surface area contributed by atoms with Crippen molar-refractivity contribution in [2.24, 2.45) is 0 Å². The maximum atomic E-state index is 12.6. The second-order valence-electron chi connectivity index (χ2n) is 4.02. The number of hydrogen-bond acceptors (Lipinski definition) is 3. The van der Waals surface area contributed by atoms with Gasteiger partial charge in [0.15, 0.2) is 5.03 Å². The smallest absolute Gasteiger partial charge is 0.332 e. The van der Waals surface area contributed by atoms with Gasteiger partial charge in [0.25, 0.3) is 10.0 Å². The molecule has 1 aliphatic carbocycles. The van der Waals surface area contributed by atoms with Gasteiger partial charge in [0.05, 0.1) is 6.20 Å². The first kappa shape index (κ1) is 12.4. The van der Waals surface area contributed by atoms with Gasteiger partial charge in [0, 0.05) is 0 Å². The Morgan fingerprint density at radius 2 is 2.06 bits per heavy atom. The molecular weight excluding hydrogens is 259 g/mol. The average molecular weight is 269 g/mol. The monoisotopic (exact) mass is 269 g/mol. The molecule has 0 spiro atoms. The molecule has 5 nitrogen and oxygen atoms in total. The average Bonchev–Trinajstić information content (AvgIpc) is 2.79. The fraction of sp³-hybridized carbons (Fsp3) is 0.625. The zero-order valence-electron chi connectivity index (χ0n) is 8.80. The highest BCUT2D eigenvalue weighted by Gasteiger charge is 2.65. The van der Waals surface area contributed by atoms with E-state index in [4.69, 9.17) is 0 Å². The first-order valence-corrected chi connectivity index (χ1v) is 6.27. The zero-order chi connectivity index (χ0) is 12.9. The van der Waals surface area contributed by atoms with E-state index in [2.05, 4.69) is 9.97 Å². The minimum Gasteiger partial charge on any atom is -0.332 e. The normalized spacial score (nSPS) is 19.3. The molecule has 2 rings (SSSR count). The number of aromatic nitrogens is 2. The summed E-state index contributed by atoms with van der Waals surface area (Å²) in [4.78, 5) is 6.03. The first-order chi connectivity index (χ1) is 7.66. The maximum absolute atomic E-state index is 12.6. The number of halogens is 3. The molecule has 0 radical (unpaired) electrons. The van der Waals surface area contributed by atoms with Crippen molar-refractivity contribution in [2.45, 2.75) is 36.5 Å². The lowest BCUT2D eigenvalue weighted by molar-refractivity contribution is -0.160. The predicted octanol–water partition coefficient (Wildman–Crippen LogP) is 1.09. The van der Waals surface area contributed by atoms with Crippen molar-refractivity contribution in [3.05, 3.63) is 12.0 Å². The van der Waals surface area contributed by atoms with Crippen LogP contribution in [0.2, 0.25) is 0 Å². The van der Waals surface area contributed by atoms with Crippen molar-refractivity contribution in [3.8, 4) is 0 Å². The van der Waals surface area contributed by atoms with Gasteiger partial charge >= 0.3 is 6.18 Å². The minimum absolute atomic E-state index is 0.233. The Kier molecular flexibility index (Phi) is 2.51. The van der Waals surface area contributed by atoms with Gasteiger partial charge in [-0.2, -0.15) is 17.9 Å². The summed E-state index contributed by atoms with van der Waals surface area (Å²) in [5.41, 5.74) is -2.30. The number of nitrogens with zero attached hydrogens (tertiary/aromatic N) is 1. The highest BCUT2D eigenvalue weighted by atomic mass is 32.2. The molecule has 0 aliphatic heterocycles. The molecule has 1 heterocycles. The number of sulfonamides is 1. The number of nitrogens with one attached hydrogen (secondary N) is 2. The third-order valence-electron chi connectivity index (χ3n) is 2.59. The fourth-order valence-corrected chi connectivity index (χ4v) is 2.83. The van der Waals surface area contributed by atoms with Crippen molar-refractivity contribution < 1.29 is 21.6 Å². The largest absolute Gasteiger partial charge is 0.407 e. The van der Waals surface area contributed by atoms with E-state index >= 15 is 0 Å². The molecule has 2 N–H and O–H groups in total. The van der Waals surface area contributed by atoms with Crippen LogP contribution in [0.5, 0.6) is 0 Å². The second kappa shape index (κ2) is 3.45. The second-order valence-corrected chi connectivity index (χ2v) is 5.67. The van der Waals surface area contributed by atoms with Crippen molar-refractivity contribution in [2.75, 3.05) is 0 Å². The Morgan fingerprint density at radius 1 is 1.47 bits per heavy atom. The van der Waals surface area contributed by atoms with Crippen molar-refractivity contribution in [3.63, 3.8) is 0 Å². The molecule has 0 amide bonds. The summed E-state index contributed by atoms with van der Waals surface area (Å²) in [5.74, 6) is 0.322. The van der Waals surface area contributed by atoms with Crippen molar-refractivity contribution in [1.82, 2.24) is 14.7 Å². The Labute approximate surface area is 95.5 Å². The third kappa shape index (κ3) is 2.16. The van der Waals surface area contributed by atoms with Crippen LogP contribution in [0, 0.1) is 6.92 Å². The van der Waals surface area contributed by atoms with Crippen LogP contribution in [0.25, 0.3) is 0 Å². The van der Waals surface area contributed by atoms with E-state index in [0.29, 0.717) is 5.82 Å². The van der Waals surface area contributed by atoms with E-state index in [-0.39, 0.29) is 17.9 Å². The number of imidazole rings is 1. The fourth-order valence-electron chi connectivity index (χ4n) is 1.42. The van der Waals surface area contributed by atoms with E-state index in [1.54, 1.807) is 4.72 Å². The zero-order valence-corrected chi connectivity index (χ0v) is 9.61. The Morgan fingerprint density at radius 3 is 2.41 bits per heavy atom. The molecule has 0 unspecified atom stereocenters. The molecule has 0 atom stereocenters. The third-order valence-corrected chi connectivity index (χ3v) is 4.04. The van der Waals surface area contributed by atoms with Gasteiger partial charge in [-0.05, 0) is 19.8 Å². The summed E-state index contributed by atoms with van der Waals surface area (Å²) < 4.78 is 62.8. The summed E-state index contributed by atoms with van der Waals surface area (Å²) in [6, 6.07) is 0. The van der Waals surface area contributed by atoms with Crippen LogP contribution in [0.15, 0.2) is 11.2 Å². The van der Waals surface area contributed by atoms with Crippen LogP contribution in [-0.2, 0) is 10.0 Å². The number of H-pyrrole nitrogens is 1. The molecule has 1 fully saturated rings. The summed E-state index contributed by atoms with van der Waals surface area (Å²) in [6.45, 7) is 1.51. The molecule has 1 aromatic heterocycles. The van der Waals surface area contributed by atoms with Crippen LogP contribution >= 0.6 is 0 Å². The Hall–Kier alpha value is -1.09.